The van der Waals surface area contributed by atoms with Crippen molar-refractivity contribution in [2.45, 2.75) is 173 Å². The number of aliphatic hydroxyl groups is 2. The largest absolute Gasteiger partial charge is 0.396 e. The molecule has 2 unspecified atom stereocenters. The Hall–Kier alpha value is -0.0800. The van der Waals surface area contributed by atoms with Crippen LogP contribution in [-0.2, 0) is 0 Å². The number of rotatable bonds is 25. The highest BCUT2D eigenvalue weighted by atomic mass is 16.3. The lowest BCUT2D eigenvalue weighted by atomic mass is 10.0. The number of aliphatic hydroxyl groups excluding tert-OH is 1. The van der Waals surface area contributed by atoms with Crippen molar-refractivity contribution in [2.24, 2.45) is 5.92 Å². The van der Waals surface area contributed by atoms with Gasteiger partial charge in [-0.1, -0.05) is 142 Å². The average molecular weight is 439 g/mol. The standard InChI is InChI=1S/C29H58O2/c1-2-3-4-5-6-7-8-9-10-11-12-13-16-19-22-25-29(31)27-28(29)24-21-18-15-14-17-20-23-26-30/h28,30-31H,2-27H2,1H3. The predicted molar refractivity (Wildman–Crippen MR) is 137 cm³/mol. The van der Waals surface area contributed by atoms with E-state index >= 15 is 0 Å². The lowest BCUT2D eigenvalue weighted by Crippen LogP contribution is -2.10. The third-order valence-corrected chi connectivity index (χ3v) is 7.62. The Morgan fingerprint density at radius 3 is 1.39 bits per heavy atom. The maximum atomic E-state index is 10.7. The van der Waals surface area contributed by atoms with E-state index in [1.54, 1.807) is 0 Å². The van der Waals surface area contributed by atoms with Gasteiger partial charge in [-0.25, -0.2) is 0 Å². The fraction of sp³-hybridized carbons (Fsp3) is 1.00. The first-order chi connectivity index (χ1) is 15.2. The van der Waals surface area contributed by atoms with Crippen molar-refractivity contribution in [2.75, 3.05) is 6.61 Å². The van der Waals surface area contributed by atoms with E-state index in [9.17, 15) is 5.11 Å². The topological polar surface area (TPSA) is 40.5 Å². The van der Waals surface area contributed by atoms with E-state index < -0.39 is 0 Å². The molecule has 0 aromatic rings. The van der Waals surface area contributed by atoms with E-state index in [-0.39, 0.29) is 5.60 Å². The van der Waals surface area contributed by atoms with Crippen LogP contribution in [0.4, 0.5) is 0 Å². The summed E-state index contributed by atoms with van der Waals surface area (Å²) in [5, 5.41) is 19.5. The molecule has 1 rings (SSSR count). The minimum atomic E-state index is -0.280. The van der Waals surface area contributed by atoms with Crippen LogP contribution in [0.3, 0.4) is 0 Å². The molecular weight excluding hydrogens is 380 g/mol. The summed E-state index contributed by atoms with van der Waals surface area (Å²) in [5.74, 6) is 0.605. The van der Waals surface area contributed by atoms with Crippen molar-refractivity contribution < 1.29 is 10.2 Å². The van der Waals surface area contributed by atoms with Gasteiger partial charge in [-0.15, -0.1) is 0 Å². The minimum Gasteiger partial charge on any atom is -0.396 e. The van der Waals surface area contributed by atoms with Crippen molar-refractivity contribution in [1.29, 1.82) is 0 Å². The quantitative estimate of drug-likeness (QED) is 0.139. The van der Waals surface area contributed by atoms with Crippen molar-refractivity contribution >= 4 is 0 Å². The molecule has 1 fully saturated rings. The third kappa shape index (κ3) is 17.1. The van der Waals surface area contributed by atoms with Crippen molar-refractivity contribution in [3.05, 3.63) is 0 Å². The molecule has 31 heavy (non-hydrogen) atoms. The Balaban J connectivity index is 1.76. The van der Waals surface area contributed by atoms with E-state index in [2.05, 4.69) is 6.92 Å². The van der Waals surface area contributed by atoms with Gasteiger partial charge in [0.05, 0.1) is 5.60 Å². The van der Waals surface area contributed by atoms with Gasteiger partial charge in [-0.05, 0) is 31.6 Å². The highest BCUT2D eigenvalue weighted by molar-refractivity contribution is 5.02. The zero-order chi connectivity index (χ0) is 22.5. The summed E-state index contributed by atoms with van der Waals surface area (Å²) in [4.78, 5) is 0. The number of hydrogen-bond donors (Lipinski definition) is 2. The van der Waals surface area contributed by atoms with Crippen LogP contribution in [0.5, 0.6) is 0 Å². The van der Waals surface area contributed by atoms with Crippen LogP contribution >= 0.6 is 0 Å². The molecule has 1 aliphatic rings. The third-order valence-electron chi connectivity index (χ3n) is 7.62. The summed E-state index contributed by atoms with van der Waals surface area (Å²) in [6, 6.07) is 0. The fourth-order valence-corrected chi connectivity index (χ4v) is 5.23. The van der Waals surface area contributed by atoms with E-state index in [1.165, 1.54) is 141 Å². The summed E-state index contributed by atoms with van der Waals surface area (Å²) < 4.78 is 0. The first-order valence-electron chi connectivity index (χ1n) is 14.6. The summed E-state index contributed by atoms with van der Waals surface area (Å²) in [6.45, 7) is 2.64. The van der Waals surface area contributed by atoms with Gasteiger partial charge in [0.2, 0.25) is 0 Å². The Morgan fingerprint density at radius 2 is 0.935 bits per heavy atom. The molecule has 1 aliphatic carbocycles. The molecule has 0 aromatic heterocycles. The lowest BCUT2D eigenvalue weighted by Gasteiger charge is -2.10. The van der Waals surface area contributed by atoms with Crippen LogP contribution < -0.4 is 0 Å². The van der Waals surface area contributed by atoms with E-state index in [0.29, 0.717) is 12.5 Å². The lowest BCUT2D eigenvalue weighted by molar-refractivity contribution is 0.115. The summed E-state index contributed by atoms with van der Waals surface area (Å²) >= 11 is 0. The normalized spacial score (nSPS) is 20.4. The van der Waals surface area contributed by atoms with E-state index in [4.69, 9.17) is 5.11 Å². The Labute approximate surface area is 196 Å². The molecule has 0 aliphatic heterocycles. The predicted octanol–water partition coefficient (Wildman–Crippen LogP) is 9.11. The summed E-state index contributed by atoms with van der Waals surface area (Å²) in [6.07, 6.45) is 33.2. The van der Waals surface area contributed by atoms with Crippen LogP contribution in [0.2, 0.25) is 0 Å². The van der Waals surface area contributed by atoms with Crippen LogP contribution in [0.1, 0.15) is 167 Å². The van der Waals surface area contributed by atoms with Gasteiger partial charge in [0.15, 0.2) is 0 Å². The van der Waals surface area contributed by atoms with Gasteiger partial charge in [-0.2, -0.15) is 0 Å². The van der Waals surface area contributed by atoms with Crippen molar-refractivity contribution in [3.63, 3.8) is 0 Å². The van der Waals surface area contributed by atoms with Gasteiger partial charge in [0.1, 0.15) is 0 Å². The molecule has 0 radical (unpaired) electrons. The molecule has 0 amide bonds. The SMILES string of the molecule is CCCCCCCCCCCCCCCCCC1(O)CC1CCCCCCCCCO. The zero-order valence-corrected chi connectivity index (χ0v) is 21.4. The Bertz CT molecular complexity index is 370. The van der Waals surface area contributed by atoms with Crippen LogP contribution in [-0.4, -0.2) is 22.4 Å². The van der Waals surface area contributed by atoms with E-state index in [1.807, 2.05) is 0 Å². The van der Waals surface area contributed by atoms with E-state index in [0.717, 1.165) is 19.3 Å². The molecule has 0 saturated heterocycles. The van der Waals surface area contributed by atoms with Crippen molar-refractivity contribution in [1.82, 2.24) is 0 Å². The average Bonchev–Trinajstić information content (AvgIpc) is 3.42. The molecule has 186 valence electrons. The molecule has 0 bridgehead atoms. The first-order valence-corrected chi connectivity index (χ1v) is 14.6. The van der Waals surface area contributed by atoms with Crippen LogP contribution in [0.25, 0.3) is 0 Å². The molecule has 2 N–H and O–H groups in total. The van der Waals surface area contributed by atoms with Gasteiger partial charge < -0.3 is 10.2 Å². The maximum absolute atomic E-state index is 10.7. The molecule has 2 heteroatoms. The molecule has 2 atom stereocenters. The maximum Gasteiger partial charge on any atom is 0.0680 e. The molecule has 2 nitrogen and oxygen atoms in total. The molecule has 1 saturated carbocycles. The highest BCUT2D eigenvalue weighted by Gasteiger charge is 2.50. The Morgan fingerprint density at radius 1 is 0.548 bits per heavy atom. The van der Waals surface area contributed by atoms with Crippen LogP contribution in [0, 0.1) is 5.92 Å². The second-order valence-corrected chi connectivity index (χ2v) is 10.7. The van der Waals surface area contributed by atoms with Gasteiger partial charge in [-0.3, -0.25) is 0 Å². The summed E-state index contributed by atoms with van der Waals surface area (Å²) in [7, 11) is 0. The highest BCUT2D eigenvalue weighted by Crippen LogP contribution is 2.50. The smallest absolute Gasteiger partial charge is 0.0680 e. The van der Waals surface area contributed by atoms with Gasteiger partial charge in [0, 0.05) is 6.61 Å². The number of unbranched alkanes of at least 4 members (excludes halogenated alkanes) is 20. The van der Waals surface area contributed by atoms with Gasteiger partial charge >= 0.3 is 0 Å². The molecule has 0 spiro atoms. The Kier molecular flexibility index (Phi) is 19.2. The van der Waals surface area contributed by atoms with Gasteiger partial charge in [0.25, 0.3) is 0 Å². The zero-order valence-electron chi connectivity index (χ0n) is 21.4. The summed E-state index contributed by atoms with van der Waals surface area (Å²) in [5.41, 5.74) is -0.280. The number of hydrogen-bond acceptors (Lipinski definition) is 2. The molecule has 0 heterocycles. The second-order valence-electron chi connectivity index (χ2n) is 10.7. The fourth-order valence-electron chi connectivity index (χ4n) is 5.23. The second kappa shape index (κ2) is 20.5. The van der Waals surface area contributed by atoms with Crippen LogP contribution in [0.15, 0.2) is 0 Å². The monoisotopic (exact) mass is 438 g/mol. The molecular formula is C29H58O2. The van der Waals surface area contributed by atoms with Crippen molar-refractivity contribution in [3.8, 4) is 0 Å². The minimum absolute atomic E-state index is 0.280. The first kappa shape index (κ1) is 29.0. The molecule has 0 aromatic carbocycles.